The van der Waals surface area contributed by atoms with Crippen LogP contribution in [0.5, 0.6) is 0 Å². The molecule has 0 saturated heterocycles. The Morgan fingerprint density at radius 1 is 1.22 bits per heavy atom. The maximum Gasteiger partial charge on any atom is 0.184 e. The Kier molecular flexibility index (Phi) is 2.46. The monoisotopic (exact) mass is 165 g/mol. The van der Waals surface area contributed by atoms with Crippen molar-refractivity contribution in [1.29, 1.82) is 0 Å². The molecule has 0 bridgehead atoms. The van der Waals surface area contributed by atoms with Gasteiger partial charge >= 0.3 is 0 Å². The molecule has 0 radical (unpaired) electrons. The fourth-order valence-corrected chi connectivity index (χ4v) is 5.94. The van der Waals surface area contributed by atoms with Crippen LogP contribution in [0.25, 0.3) is 0 Å². The average Bonchev–Trinajstić information content (AvgIpc) is 1.14. The summed E-state index contributed by atoms with van der Waals surface area (Å²) in [4.78, 5) is 0. The molecule has 9 heavy (non-hydrogen) atoms. The second kappa shape index (κ2) is 2.42. The van der Waals surface area contributed by atoms with Gasteiger partial charge in [-0.1, -0.05) is 0 Å². The van der Waals surface area contributed by atoms with Gasteiger partial charge in [0.05, 0.1) is 0 Å². The smallest absolute Gasteiger partial charge is 0.184 e. The topological polar surface area (TPSA) is 29.4 Å². The van der Waals surface area contributed by atoms with E-state index in [-0.39, 0.29) is 0 Å². The number of nitrogens with zero attached hydrogens (tertiary/aromatic N) is 1. The molecule has 2 nitrogen and oxygen atoms in total. The van der Waals surface area contributed by atoms with Crippen LogP contribution in [-0.2, 0) is 9.73 Å². The summed E-state index contributed by atoms with van der Waals surface area (Å²) in [5, 5.41) is 0. The lowest BCUT2D eigenvalue weighted by atomic mass is 11.8. The Hall–Kier alpha value is 0.167. The molecular formula is C5H15NOSSi. The van der Waals surface area contributed by atoms with E-state index < -0.39 is 18.0 Å². The van der Waals surface area contributed by atoms with Crippen molar-refractivity contribution in [2.24, 2.45) is 4.03 Å². The van der Waals surface area contributed by atoms with Gasteiger partial charge in [-0.3, -0.25) is 8.24 Å². The summed E-state index contributed by atoms with van der Waals surface area (Å²) in [6.07, 6.45) is 3.37. The summed E-state index contributed by atoms with van der Waals surface area (Å²) < 4.78 is 15.3. The lowest BCUT2D eigenvalue weighted by Gasteiger charge is -2.09. The van der Waals surface area contributed by atoms with Crippen LogP contribution in [0.2, 0.25) is 19.6 Å². The lowest BCUT2D eigenvalue weighted by Crippen LogP contribution is -2.18. The number of hydrogen-bond acceptors (Lipinski definition) is 2. The number of hydrogen-bond donors (Lipinski definition) is 0. The van der Waals surface area contributed by atoms with Crippen molar-refractivity contribution in [3.8, 4) is 0 Å². The summed E-state index contributed by atoms with van der Waals surface area (Å²) in [5.41, 5.74) is 0. The zero-order valence-electron chi connectivity index (χ0n) is 6.76. The van der Waals surface area contributed by atoms with E-state index in [9.17, 15) is 4.21 Å². The third kappa shape index (κ3) is 8.17. The molecule has 0 heterocycles. The van der Waals surface area contributed by atoms with Crippen molar-refractivity contribution in [2.45, 2.75) is 19.6 Å². The first kappa shape index (κ1) is 9.17. The largest absolute Gasteiger partial charge is 0.278 e. The third-order valence-corrected chi connectivity index (χ3v) is 4.44. The molecule has 0 atom stereocenters. The molecule has 0 aliphatic carbocycles. The van der Waals surface area contributed by atoms with Crippen LogP contribution in [0.15, 0.2) is 4.03 Å². The Morgan fingerprint density at radius 2 is 1.56 bits per heavy atom. The molecule has 0 rings (SSSR count). The van der Waals surface area contributed by atoms with Crippen LogP contribution in [0.4, 0.5) is 0 Å². The third-order valence-electron chi connectivity index (χ3n) is 0.494. The van der Waals surface area contributed by atoms with Gasteiger partial charge < -0.3 is 0 Å². The minimum atomic E-state index is -1.85. The van der Waals surface area contributed by atoms with E-state index in [0.717, 1.165) is 0 Å². The highest BCUT2D eigenvalue weighted by atomic mass is 32.2. The predicted molar refractivity (Wildman–Crippen MR) is 45.8 cm³/mol. The quantitative estimate of drug-likeness (QED) is 0.542. The normalized spacial score (nSPS) is 13.4. The maximum absolute atomic E-state index is 11.1. The standard InChI is InChI=1S/C5H15NOSSi/c1-8(2,7)6-9(3,4)5/h1-5H3. The molecule has 0 aromatic heterocycles. The first-order valence-electron chi connectivity index (χ1n) is 2.89. The molecule has 0 amide bonds. The zero-order valence-corrected chi connectivity index (χ0v) is 8.58. The van der Waals surface area contributed by atoms with Crippen LogP contribution in [0, 0.1) is 0 Å². The fourth-order valence-electron chi connectivity index (χ4n) is 0.660. The molecule has 0 saturated carbocycles. The second-order valence-corrected chi connectivity index (χ2v) is 10.9. The SMILES string of the molecule is C[Si](C)(C)N=S(C)(C)=O. The van der Waals surface area contributed by atoms with Crippen LogP contribution in [0.1, 0.15) is 0 Å². The Balaban J connectivity index is 4.53. The summed E-state index contributed by atoms with van der Waals surface area (Å²) in [7, 11) is -3.29. The van der Waals surface area contributed by atoms with Gasteiger partial charge in [0.1, 0.15) is 0 Å². The molecular weight excluding hydrogens is 150 g/mol. The van der Waals surface area contributed by atoms with Gasteiger partial charge in [0.25, 0.3) is 0 Å². The molecule has 0 N–H and O–H groups in total. The van der Waals surface area contributed by atoms with Crippen LogP contribution in [0.3, 0.4) is 0 Å². The van der Waals surface area contributed by atoms with Crippen molar-refractivity contribution in [2.75, 3.05) is 12.5 Å². The van der Waals surface area contributed by atoms with E-state index in [1.807, 2.05) is 0 Å². The Bertz CT molecular complexity index is 189. The van der Waals surface area contributed by atoms with Crippen molar-refractivity contribution in [1.82, 2.24) is 0 Å². The highest BCUT2D eigenvalue weighted by molar-refractivity contribution is 7.93. The summed E-state index contributed by atoms with van der Waals surface area (Å²) >= 11 is 0. The van der Waals surface area contributed by atoms with E-state index >= 15 is 0 Å². The predicted octanol–water partition coefficient (Wildman–Crippen LogP) is 1.55. The van der Waals surface area contributed by atoms with Gasteiger partial charge in [0, 0.05) is 22.2 Å². The van der Waals surface area contributed by atoms with E-state index in [2.05, 4.69) is 23.7 Å². The minimum Gasteiger partial charge on any atom is -0.278 e. The molecule has 0 fully saturated rings. The Morgan fingerprint density at radius 3 is 1.56 bits per heavy atom. The molecule has 0 spiro atoms. The van der Waals surface area contributed by atoms with Gasteiger partial charge in [0.15, 0.2) is 8.24 Å². The number of rotatable bonds is 1. The van der Waals surface area contributed by atoms with E-state index in [1.54, 1.807) is 12.5 Å². The van der Waals surface area contributed by atoms with Gasteiger partial charge in [-0.05, 0) is 19.6 Å². The summed E-state index contributed by atoms with van der Waals surface area (Å²) in [6, 6.07) is 0. The van der Waals surface area contributed by atoms with Gasteiger partial charge in [-0.15, -0.1) is 0 Å². The summed E-state index contributed by atoms with van der Waals surface area (Å²) in [6.45, 7) is 6.25. The molecule has 0 unspecified atom stereocenters. The minimum absolute atomic E-state index is 1.44. The highest BCUT2D eigenvalue weighted by Gasteiger charge is 2.12. The molecule has 0 aromatic carbocycles. The van der Waals surface area contributed by atoms with E-state index in [0.29, 0.717) is 0 Å². The van der Waals surface area contributed by atoms with Crippen molar-refractivity contribution < 1.29 is 4.21 Å². The highest BCUT2D eigenvalue weighted by Crippen LogP contribution is 2.04. The average molecular weight is 165 g/mol. The first-order valence-corrected chi connectivity index (χ1v) is 8.67. The second-order valence-electron chi connectivity index (χ2n) is 3.44. The first-order chi connectivity index (χ1) is 3.71. The molecule has 0 aromatic rings. The van der Waals surface area contributed by atoms with Crippen LogP contribution in [-0.4, -0.2) is 25.0 Å². The molecule has 4 heteroatoms. The Labute approximate surface area is 58.9 Å². The maximum atomic E-state index is 11.1. The molecule has 0 aliphatic rings. The van der Waals surface area contributed by atoms with Crippen molar-refractivity contribution in [3.05, 3.63) is 0 Å². The summed E-state index contributed by atoms with van der Waals surface area (Å²) in [5.74, 6) is 0. The van der Waals surface area contributed by atoms with Gasteiger partial charge in [-0.25, -0.2) is 0 Å². The van der Waals surface area contributed by atoms with Crippen LogP contribution < -0.4 is 0 Å². The molecule has 56 valence electrons. The zero-order chi connectivity index (χ0) is 7.71. The van der Waals surface area contributed by atoms with E-state index in [4.69, 9.17) is 0 Å². The van der Waals surface area contributed by atoms with Crippen molar-refractivity contribution in [3.63, 3.8) is 0 Å². The van der Waals surface area contributed by atoms with Gasteiger partial charge in [-0.2, -0.15) is 0 Å². The van der Waals surface area contributed by atoms with Crippen LogP contribution >= 0.6 is 0 Å². The van der Waals surface area contributed by atoms with Gasteiger partial charge in [0.2, 0.25) is 0 Å². The van der Waals surface area contributed by atoms with Crippen molar-refractivity contribution >= 4 is 18.0 Å². The fraction of sp³-hybridized carbons (Fsp3) is 1.00. The van der Waals surface area contributed by atoms with E-state index in [1.165, 1.54) is 0 Å². The lowest BCUT2D eigenvalue weighted by molar-refractivity contribution is 0.685. The molecule has 0 aliphatic heterocycles.